The van der Waals surface area contributed by atoms with Gasteiger partial charge in [0, 0.05) is 48.1 Å². The van der Waals surface area contributed by atoms with E-state index in [0.29, 0.717) is 35.9 Å². The second kappa shape index (κ2) is 11.6. The number of aromatic nitrogens is 2. The number of amidine groups is 1. The van der Waals surface area contributed by atoms with Crippen LogP contribution in [-0.4, -0.2) is 28.6 Å². The summed E-state index contributed by atoms with van der Waals surface area (Å²) in [5.41, 5.74) is 3.82. The Morgan fingerprint density at radius 2 is 2.23 bits per heavy atom. The Kier molecular flexibility index (Phi) is 8.04. The summed E-state index contributed by atoms with van der Waals surface area (Å²) >= 11 is 0. The van der Waals surface area contributed by atoms with E-state index >= 15 is 0 Å². The summed E-state index contributed by atoms with van der Waals surface area (Å²) in [5, 5.41) is 13.6. The van der Waals surface area contributed by atoms with Gasteiger partial charge in [0.1, 0.15) is 11.7 Å². The average Bonchev–Trinajstić information content (AvgIpc) is 3.28. The zero-order chi connectivity index (χ0) is 24.6. The van der Waals surface area contributed by atoms with Gasteiger partial charge in [-0.25, -0.2) is 4.39 Å². The highest BCUT2D eigenvalue weighted by atomic mass is 19.1. The molecule has 1 aliphatic carbocycles. The Morgan fingerprint density at radius 1 is 1.37 bits per heavy atom. The van der Waals surface area contributed by atoms with Crippen LogP contribution in [0.25, 0.3) is 16.6 Å². The third kappa shape index (κ3) is 6.02. The molecule has 0 aliphatic heterocycles. The van der Waals surface area contributed by atoms with Crippen LogP contribution in [-0.2, 0) is 6.54 Å². The minimum absolute atomic E-state index is 0.231. The SMILES string of the molecule is C=N/C(=C\C(=NCc1c[nH]c2c(F)cc(C)cc12)NC1CCCCC1CCC#N)c1cccnc1. The minimum atomic E-state index is -0.259. The number of nitrogens with zero attached hydrogens (tertiary/aromatic N) is 4. The largest absolute Gasteiger partial charge is 0.367 e. The number of hydrogen-bond donors (Lipinski definition) is 2. The summed E-state index contributed by atoms with van der Waals surface area (Å²) in [6.07, 6.45) is 13.1. The van der Waals surface area contributed by atoms with Crippen LogP contribution in [0.4, 0.5) is 4.39 Å². The van der Waals surface area contributed by atoms with Crippen molar-refractivity contribution in [1.82, 2.24) is 15.3 Å². The molecule has 0 saturated heterocycles. The number of aryl methyl sites for hydroxylation is 1. The minimum Gasteiger partial charge on any atom is -0.367 e. The van der Waals surface area contributed by atoms with E-state index in [0.717, 1.165) is 47.8 Å². The van der Waals surface area contributed by atoms with Crippen molar-refractivity contribution in [1.29, 1.82) is 5.26 Å². The van der Waals surface area contributed by atoms with Crippen LogP contribution in [0.15, 0.2) is 58.9 Å². The van der Waals surface area contributed by atoms with Crippen LogP contribution >= 0.6 is 0 Å². The molecule has 0 bridgehead atoms. The van der Waals surface area contributed by atoms with Crippen LogP contribution in [0.2, 0.25) is 0 Å². The molecule has 1 fully saturated rings. The molecular formula is C28H31FN6. The fourth-order valence-electron chi connectivity index (χ4n) is 4.86. The third-order valence-corrected chi connectivity index (χ3v) is 6.66. The number of rotatable bonds is 8. The molecule has 2 N–H and O–H groups in total. The van der Waals surface area contributed by atoms with Crippen LogP contribution in [0.5, 0.6) is 0 Å². The van der Waals surface area contributed by atoms with E-state index in [9.17, 15) is 4.39 Å². The van der Waals surface area contributed by atoms with E-state index in [1.165, 1.54) is 12.5 Å². The van der Waals surface area contributed by atoms with Crippen molar-refractivity contribution in [3.8, 4) is 6.07 Å². The molecule has 6 nitrogen and oxygen atoms in total. The van der Waals surface area contributed by atoms with Gasteiger partial charge in [-0.1, -0.05) is 12.8 Å². The quantitative estimate of drug-likeness (QED) is 0.308. The molecule has 1 aliphatic rings. The first-order chi connectivity index (χ1) is 17.1. The van der Waals surface area contributed by atoms with Gasteiger partial charge in [0.2, 0.25) is 0 Å². The fraction of sp³-hybridized carbons (Fsp3) is 0.357. The van der Waals surface area contributed by atoms with Gasteiger partial charge < -0.3 is 10.3 Å². The van der Waals surface area contributed by atoms with E-state index in [1.807, 2.05) is 37.4 Å². The Balaban J connectivity index is 1.67. The summed E-state index contributed by atoms with van der Waals surface area (Å²) in [4.78, 5) is 16.4. The van der Waals surface area contributed by atoms with Gasteiger partial charge >= 0.3 is 0 Å². The zero-order valence-electron chi connectivity index (χ0n) is 20.1. The Labute approximate surface area is 205 Å². The molecule has 0 spiro atoms. The molecule has 3 aromatic rings. The van der Waals surface area contributed by atoms with Gasteiger partial charge in [0.15, 0.2) is 0 Å². The average molecular weight is 471 g/mol. The van der Waals surface area contributed by atoms with Crippen molar-refractivity contribution >= 4 is 29.2 Å². The maximum Gasteiger partial charge on any atom is 0.147 e. The van der Waals surface area contributed by atoms with Crippen LogP contribution in [0.3, 0.4) is 0 Å². The molecule has 35 heavy (non-hydrogen) atoms. The summed E-state index contributed by atoms with van der Waals surface area (Å²) in [5.74, 6) is 0.865. The molecule has 2 unspecified atom stereocenters. The summed E-state index contributed by atoms with van der Waals surface area (Å²) in [6.45, 7) is 6.02. The molecule has 2 heterocycles. The lowest BCUT2D eigenvalue weighted by Crippen LogP contribution is -2.41. The molecular weight excluding hydrogens is 439 g/mol. The first kappa shape index (κ1) is 24.3. The van der Waals surface area contributed by atoms with E-state index in [2.05, 4.69) is 33.1 Å². The Bertz CT molecular complexity index is 1270. The number of aliphatic imine (C=N–C) groups is 2. The molecule has 1 aromatic carbocycles. The number of hydrogen-bond acceptors (Lipinski definition) is 4. The molecule has 180 valence electrons. The standard InChI is InChI=1S/C28H31FN6/c1-19-13-23-22(18-34-28(23)24(29)14-19)17-33-27(15-26(31-2)21-9-6-12-32-16-21)35-25-10-4-3-7-20(25)8-5-11-30/h6,9,12-16,18,20,25,34H,2-5,7-8,10,17H2,1H3,(H,33,35)/b26-15-. The molecule has 7 heteroatoms. The second-order valence-corrected chi connectivity index (χ2v) is 9.11. The van der Waals surface area contributed by atoms with Gasteiger partial charge in [-0.3, -0.25) is 15.0 Å². The fourth-order valence-corrected chi connectivity index (χ4v) is 4.86. The lowest BCUT2D eigenvalue weighted by Gasteiger charge is -2.32. The van der Waals surface area contributed by atoms with E-state index in [-0.39, 0.29) is 11.9 Å². The van der Waals surface area contributed by atoms with Gasteiger partial charge in [0.05, 0.1) is 23.8 Å². The van der Waals surface area contributed by atoms with Crippen molar-refractivity contribution in [2.45, 2.75) is 58.0 Å². The number of nitriles is 1. The topological polar surface area (TPSA) is 89.2 Å². The van der Waals surface area contributed by atoms with Crippen molar-refractivity contribution < 1.29 is 4.39 Å². The highest BCUT2D eigenvalue weighted by molar-refractivity contribution is 5.99. The molecule has 4 rings (SSSR count). The maximum atomic E-state index is 14.4. The normalized spacial score (nSPS) is 18.9. The lowest BCUT2D eigenvalue weighted by atomic mass is 9.81. The lowest BCUT2D eigenvalue weighted by molar-refractivity contribution is 0.275. The summed E-state index contributed by atoms with van der Waals surface area (Å²) < 4.78 is 14.4. The van der Waals surface area contributed by atoms with Crippen molar-refractivity contribution in [2.75, 3.05) is 0 Å². The number of nitrogens with one attached hydrogen (secondary N) is 2. The maximum absolute atomic E-state index is 14.4. The van der Waals surface area contributed by atoms with Crippen LogP contribution in [0.1, 0.15) is 55.2 Å². The van der Waals surface area contributed by atoms with Crippen LogP contribution in [0, 0.1) is 30.0 Å². The molecule has 1 saturated carbocycles. The van der Waals surface area contributed by atoms with Gasteiger partial charge in [-0.15, -0.1) is 0 Å². The Hall–Kier alpha value is -3.79. The predicted octanol–water partition coefficient (Wildman–Crippen LogP) is 6.10. The monoisotopic (exact) mass is 470 g/mol. The predicted molar refractivity (Wildman–Crippen MR) is 140 cm³/mol. The Morgan fingerprint density at radius 3 is 3.00 bits per heavy atom. The molecule has 0 radical (unpaired) electrons. The summed E-state index contributed by atoms with van der Waals surface area (Å²) in [6, 6.07) is 9.83. The van der Waals surface area contributed by atoms with E-state index in [4.69, 9.17) is 10.3 Å². The number of pyridine rings is 1. The van der Waals surface area contributed by atoms with Gasteiger partial charge in [0.25, 0.3) is 0 Å². The highest BCUT2D eigenvalue weighted by Crippen LogP contribution is 2.29. The van der Waals surface area contributed by atoms with Crippen molar-refractivity contribution in [3.63, 3.8) is 0 Å². The number of aromatic amines is 1. The smallest absolute Gasteiger partial charge is 0.147 e. The molecule has 2 aromatic heterocycles. The second-order valence-electron chi connectivity index (χ2n) is 9.11. The van der Waals surface area contributed by atoms with Crippen molar-refractivity contribution in [2.24, 2.45) is 15.9 Å². The molecule has 2 atom stereocenters. The van der Waals surface area contributed by atoms with Gasteiger partial charge in [-0.05, 0) is 74.2 Å². The highest BCUT2D eigenvalue weighted by Gasteiger charge is 2.25. The van der Waals surface area contributed by atoms with E-state index in [1.54, 1.807) is 12.4 Å². The number of benzene rings is 1. The number of fused-ring (bicyclic) bond motifs is 1. The zero-order valence-corrected chi connectivity index (χ0v) is 20.1. The number of halogens is 1. The van der Waals surface area contributed by atoms with Gasteiger partial charge in [-0.2, -0.15) is 5.26 Å². The van der Waals surface area contributed by atoms with Crippen LogP contribution < -0.4 is 5.32 Å². The number of H-pyrrole nitrogens is 1. The molecule has 0 amide bonds. The third-order valence-electron chi connectivity index (χ3n) is 6.66. The summed E-state index contributed by atoms with van der Waals surface area (Å²) in [7, 11) is 0. The van der Waals surface area contributed by atoms with E-state index < -0.39 is 0 Å². The van der Waals surface area contributed by atoms with Crippen molar-refractivity contribution in [3.05, 3.63) is 71.4 Å². The first-order valence-corrected chi connectivity index (χ1v) is 12.1. The first-order valence-electron chi connectivity index (χ1n) is 12.1.